The first-order valence-electron chi connectivity index (χ1n) is 6.18. The molecule has 0 fully saturated rings. The molecule has 1 aromatic rings. The van der Waals surface area contributed by atoms with Crippen LogP contribution in [0.5, 0.6) is 5.75 Å². The van der Waals surface area contributed by atoms with Gasteiger partial charge in [-0.2, -0.15) is 0 Å². The molecule has 3 heteroatoms. The number of rotatable bonds is 6. The van der Waals surface area contributed by atoms with Crippen LogP contribution in [-0.2, 0) is 5.67 Å². The Labute approximate surface area is 103 Å². The number of hydrogen-bond acceptors (Lipinski definition) is 2. The van der Waals surface area contributed by atoms with Gasteiger partial charge in [0.05, 0.1) is 6.10 Å². The number of hydrogen-bond donors (Lipinski definition) is 1. The van der Waals surface area contributed by atoms with Crippen molar-refractivity contribution in [2.24, 2.45) is 5.73 Å². The Kier molecular flexibility index (Phi) is 4.94. The van der Waals surface area contributed by atoms with Gasteiger partial charge in [0.1, 0.15) is 11.4 Å². The molecule has 0 aromatic heterocycles. The second kappa shape index (κ2) is 6.01. The fourth-order valence-corrected chi connectivity index (χ4v) is 1.88. The summed E-state index contributed by atoms with van der Waals surface area (Å²) in [6.07, 6.45) is 1.29. The third-order valence-electron chi connectivity index (χ3n) is 2.69. The molecule has 0 aliphatic rings. The average Bonchev–Trinajstić information content (AvgIpc) is 2.28. The molecule has 0 aliphatic heterocycles. The van der Waals surface area contributed by atoms with Crippen LogP contribution < -0.4 is 10.5 Å². The topological polar surface area (TPSA) is 35.2 Å². The third-order valence-corrected chi connectivity index (χ3v) is 2.69. The third kappa shape index (κ3) is 3.70. The Morgan fingerprint density at radius 1 is 1.41 bits per heavy atom. The number of ether oxygens (including phenoxy) is 1. The molecule has 1 aromatic carbocycles. The maximum Gasteiger partial charge on any atom is 0.148 e. The van der Waals surface area contributed by atoms with Gasteiger partial charge in [0.2, 0.25) is 0 Å². The molecular weight excluding hydrogens is 217 g/mol. The first-order chi connectivity index (χ1) is 8.01. The Bertz CT molecular complexity index is 354. The van der Waals surface area contributed by atoms with Gasteiger partial charge in [0.15, 0.2) is 0 Å². The van der Waals surface area contributed by atoms with Crippen molar-refractivity contribution in [3.8, 4) is 5.75 Å². The van der Waals surface area contributed by atoms with Crippen molar-refractivity contribution in [1.82, 2.24) is 0 Å². The van der Waals surface area contributed by atoms with Crippen LogP contribution in [0.25, 0.3) is 0 Å². The summed E-state index contributed by atoms with van der Waals surface area (Å²) in [4.78, 5) is 0. The summed E-state index contributed by atoms with van der Waals surface area (Å²) in [5.41, 5.74) is 4.73. The molecule has 1 unspecified atom stereocenters. The predicted molar refractivity (Wildman–Crippen MR) is 69.0 cm³/mol. The summed E-state index contributed by atoms with van der Waals surface area (Å²) >= 11 is 0. The number of nitrogens with two attached hydrogens (primary N) is 1. The van der Waals surface area contributed by atoms with Crippen molar-refractivity contribution in [3.63, 3.8) is 0 Å². The van der Waals surface area contributed by atoms with Crippen LogP contribution in [0.15, 0.2) is 24.3 Å². The van der Waals surface area contributed by atoms with Gasteiger partial charge in [-0.15, -0.1) is 0 Å². The van der Waals surface area contributed by atoms with E-state index in [-0.39, 0.29) is 12.6 Å². The molecule has 0 amide bonds. The highest BCUT2D eigenvalue weighted by atomic mass is 19.1. The highest BCUT2D eigenvalue weighted by Crippen LogP contribution is 2.32. The van der Waals surface area contributed by atoms with Gasteiger partial charge in [0, 0.05) is 6.54 Å². The molecule has 0 saturated heterocycles. The molecule has 96 valence electrons. The van der Waals surface area contributed by atoms with Gasteiger partial charge in [-0.1, -0.05) is 25.5 Å². The van der Waals surface area contributed by atoms with E-state index in [0.29, 0.717) is 17.7 Å². The summed E-state index contributed by atoms with van der Waals surface area (Å²) in [5, 5.41) is 0. The van der Waals surface area contributed by atoms with Gasteiger partial charge >= 0.3 is 0 Å². The second-order valence-corrected chi connectivity index (χ2v) is 4.61. The van der Waals surface area contributed by atoms with E-state index in [1.807, 2.05) is 32.9 Å². The van der Waals surface area contributed by atoms with Gasteiger partial charge in [-0.3, -0.25) is 0 Å². The molecule has 1 atom stereocenters. The van der Waals surface area contributed by atoms with Crippen molar-refractivity contribution in [2.45, 2.75) is 45.4 Å². The van der Waals surface area contributed by atoms with E-state index in [9.17, 15) is 4.39 Å². The molecule has 0 bridgehead atoms. The molecule has 0 radical (unpaired) electrons. The van der Waals surface area contributed by atoms with Gasteiger partial charge in [-0.25, -0.2) is 4.39 Å². The minimum absolute atomic E-state index is 0.00592. The van der Waals surface area contributed by atoms with Crippen LogP contribution in [0.4, 0.5) is 4.39 Å². The van der Waals surface area contributed by atoms with Crippen molar-refractivity contribution in [2.75, 3.05) is 6.54 Å². The number of benzene rings is 1. The SMILES string of the molecule is CCCC(F)(CN)c1cccc(OC(C)C)c1. The van der Waals surface area contributed by atoms with Crippen molar-refractivity contribution in [3.05, 3.63) is 29.8 Å². The molecule has 2 nitrogen and oxygen atoms in total. The molecule has 0 spiro atoms. The maximum atomic E-state index is 14.6. The minimum Gasteiger partial charge on any atom is -0.491 e. The molecule has 2 N–H and O–H groups in total. The first kappa shape index (κ1) is 14.0. The highest BCUT2D eigenvalue weighted by molar-refractivity contribution is 5.32. The van der Waals surface area contributed by atoms with E-state index in [4.69, 9.17) is 10.5 Å². The first-order valence-corrected chi connectivity index (χ1v) is 6.18. The van der Waals surface area contributed by atoms with Crippen LogP contribution in [0.3, 0.4) is 0 Å². The molecule has 0 aliphatic carbocycles. The normalized spacial score (nSPS) is 14.7. The Morgan fingerprint density at radius 2 is 2.12 bits per heavy atom. The summed E-state index contributed by atoms with van der Waals surface area (Å²) in [5.74, 6) is 0.698. The highest BCUT2D eigenvalue weighted by Gasteiger charge is 2.29. The van der Waals surface area contributed by atoms with Crippen molar-refractivity contribution >= 4 is 0 Å². The van der Waals surface area contributed by atoms with Gasteiger partial charge in [-0.05, 0) is 38.0 Å². The summed E-state index contributed by atoms with van der Waals surface area (Å²) in [6.45, 7) is 5.86. The maximum absolute atomic E-state index is 14.6. The van der Waals surface area contributed by atoms with Crippen LogP contribution in [0.1, 0.15) is 39.2 Å². The van der Waals surface area contributed by atoms with Crippen molar-refractivity contribution < 1.29 is 9.13 Å². The summed E-state index contributed by atoms with van der Waals surface area (Å²) < 4.78 is 20.2. The van der Waals surface area contributed by atoms with Crippen LogP contribution >= 0.6 is 0 Å². The van der Waals surface area contributed by atoms with Crippen LogP contribution in [-0.4, -0.2) is 12.6 Å². The lowest BCUT2D eigenvalue weighted by molar-refractivity contribution is 0.158. The monoisotopic (exact) mass is 239 g/mol. The zero-order chi connectivity index (χ0) is 12.9. The van der Waals surface area contributed by atoms with Gasteiger partial charge in [0.25, 0.3) is 0 Å². The number of alkyl halides is 1. The van der Waals surface area contributed by atoms with Crippen molar-refractivity contribution in [1.29, 1.82) is 0 Å². The number of halogens is 1. The van der Waals surface area contributed by atoms with E-state index in [1.165, 1.54) is 0 Å². The van der Waals surface area contributed by atoms with E-state index >= 15 is 0 Å². The lowest BCUT2D eigenvalue weighted by Gasteiger charge is -2.24. The zero-order valence-electron chi connectivity index (χ0n) is 10.9. The Morgan fingerprint density at radius 3 is 2.65 bits per heavy atom. The Balaban J connectivity index is 2.96. The second-order valence-electron chi connectivity index (χ2n) is 4.61. The molecular formula is C14H22FNO. The smallest absolute Gasteiger partial charge is 0.148 e. The van der Waals surface area contributed by atoms with E-state index < -0.39 is 5.67 Å². The predicted octanol–water partition coefficient (Wildman–Crippen LogP) is 3.40. The zero-order valence-corrected chi connectivity index (χ0v) is 10.9. The standard InChI is InChI=1S/C14H22FNO/c1-4-8-14(15,10-16)12-6-5-7-13(9-12)17-11(2)3/h5-7,9,11H,4,8,10,16H2,1-3H3. The largest absolute Gasteiger partial charge is 0.491 e. The van der Waals surface area contributed by atoms with E-state index in [1.54, 1.807) is 12.1 Å². The molecule has 0 heterocycles. The average molecular weight is 239 g/mol. The summed E-state index contributed by atoms with van der Waals surface area (Å²) in [7, 11) is 0. The lowest BCUT2D eigenvalue weighted by atomic mass is 9.91. The molecule has 1 rings (SSSR count). The van der Waals surface area contributed by atoms with E-state index in [2.05, 4.69) is 0 Å². The molecule has 17 heavy (non-hydrogen) atoms. The van der Waals surface area contributed by atoms with Crippen LogP contribution in [0, 0.1) is 0 Å². The fourth-order valence-electron chi connectivity index (χ4n) is 1.88. The lowest BCUT2D eigenvalue weighted by Crippen LogP contribution is -2.30. The van der Waals surface area contributed by atoms with Gasteiger partial charge < -0.3 is 10.5 Å². The van der Waals surface area contributed by atoms with Crippen LogP contribution in [0.2, 0.25) is 0 Å². The molecule has 0 saturated carbocycles. The van der Waals surface area contributed by atoms with E-state index in [0.717, 1.165) is 6.42 Å². The fraction of sp³-hybridized carbons (Fsp3) is 0.571. The quantitative estimate of drug-likeness (QED) is 0.825. The Hall–Kier alpha value is -1.09. The summed E-state index contributed by atoms with van der Waals surface area (Å²) in [6, 6.07) is 7.18. The minimum atomic E-state index is -1.44.